The summed E-state index contributed by atoms with van der Waals surface area (Å²) in [4.78, 5) is 6.55. The molecule has 0 N–H and O–H groups in total. The number of unbranched alkanes of at least 4 members (excludes halogenated alkanes) is 1. The standard InChI is InChI=1S/C22H33N3O3S/c1-4-5-12-25-20(14-23-22(25)29(26,27)17-18-8-6-9-18)16-24(2)15-19-10-7-11-21(13-19)28-3/h7,10-11,13-14,18H,4-6,8-9,12,15-17H2,1-3H3. The largest absolute Gasteiger partial charge is 0.497 e. The van der Waals surface area contributed by atoms with Crippen LogP contribution in [0.4, 0.5) is 0 Å². The van der Waals surface area contributed by atoms with Crippen LogP contribution in [0.3, 0.4) is 0 Å². The van der Waals surface area contributed by atoms with Crippen LogP contribution in [0.2, 0.25) is 0 Å². The molecule has 1 heterocycles. The van der Waals surface area contributed by atoms with Crippen LogP contribution >= 0.6 is 0 Å². The van der Waals surface area contributed by atoms with Gasteiger partial charge in [-0.1, -0.05) is 31.9 Å². The highest BCUT2D eigenvalue weighted by atomic mass is 32.2. The topological polar surface area (TPSA) is 64.4 Å². The number of benzene rings is 1. The van der Waals surface area contributed by atoms with Gasteiger partial charge in [-0.15, -0.1) is 0 Å². The Morgan fingerprint density at radius 1 is 1.28 bits per heavy atom. The van der Waals surface area contributed by atoms with Gasteiger partial charge in [0.1, 0.15) is 5.75 Å². The van der Waals surface area contributed by atoms with Gasteiger partial charge in [-0.25, -0.2) is 13.4 Å². The first kappa shape index (κ1) is 21.8. The number of nitrogens with zero attached hydrogens (tertiary/aromatic N) is 3. The highest BCUT2D eigenvalue weighted by Gasteiger charge is 2.30. The van der Waals surface area contributed by atoms with Crippen molar-refractivity contribution >= 4 is 9.84 Å². The monoisotopic (exact) mass is 419 g/mol. The summed E-state index contributed by atoms with van der Waals surface area (Å²) >= 11 is 0. The average molecular weight is 420 g/mol. The fourth-order valence-electron chi connectivity index (χ4n) is 3.78. The van der Waals surface area contributed by atoms with Crippen molar-refractivity contribution < 1.29 is 13.2 Å². The molecule has 1 fully saturated rings. The summed E-state index contributed by atoms with van der Waals surface area (Å²) in [6, 6.07) is 8.02. The molecule has 160 valence electrons. The van der Waals surface area contributed by atoms with E-state index in [2.05, 4.69) is 22.9 Å². The predicted molar refractivity (Wildman–Crippen MR) is 115 cm³/mol. The molecule has 6 nitrogen and oxygen atoms in total. The molecule has 0 spiro atoms. The quantitative estimate of drug-likeness (QED) is 0.553. The second-order valence-corrected chi connectivity index (χ2v) is 10.1. The highest BCUT2D eigenvalue weighted by molar-refractivity contribution is 7.91. The van der Waals surface area contributed by atoms with E-state index >= 15 is 0 Å². The second-order valence-electron chi connectivity index (χ2n) is 8.14. The Morgan fingerprint density at radius 2 is 2.07 bits per heavy atom. The molecule has 0 bridgehead atoms. The third-order valence-electron chi connectivity index (χ3n) is 5.61. The molecule has 29 heavy (non-hydrogen) atoms. The van der Waals surface area contributed by atoms with Crippen molar-refractivity contribution in [1.29, 1.82) is 0 Å². The third kappa shape index (κ3) is 5.60. The Balaban J connectivity index is 1.76. The van der Waals surface area contributed by atoms with E-state index in [-0.39, 0.29) is 10.9 Å². The van der Waals surface area contributed by atoms with Gasteiger partial charge in [0.15, 0.2) is 0 Å². The Bertz CT molecular complexity index is 904. The van der Waals surface area contributed by atoms with Gasteiger partial charge in [0, 0.05) is 19.6 Å². The lowest BCUT2D eigenvalue weighted by atomic mass is 9.87. The van der Waals surface area contributed by atoms with Crippen molar-refractivity contribution in [3.8, 4) is 5.75 Å². The number of hydrogen-bond acceptors (Lipinski definition) is 5. The number of methoxy groups -OCH3 is 1. The summed E-state index contributed by atoms with van der Waals surface area (Å²) in [7, 11) is 0.361. The summed E-state index contributed by atoms with van der Waals surface area (Å²) in [6.07, 6.45) is 6.88. The van der Waals surface area contributed by atoms with Gasteiger partial charge in [0.2, 0.25) is 15.0 Å². The molecule has 0 saturated heterocycles. The first-order valence-electron chi connectivity index (χ1n) is 10.5. The zero-order chi connectivity index (χ0) is 20.9. The summed E-state index contributed by atoms with van der Waals surface area (Å²) in [5, 5.41) is 0.252. The minimum Gasteiger partial charge on any atom is -0.497 e. The van der Waals surface area contributed by atoms with E-state index in [9.17, 15) is 8.42 Å². The molecule has 0 radical (unpaired) electrons. The zero-order valence-electron chi connectivity index (χ0n) is 17.8. The predicted octanol–water partition coefficient (Wildman–Crippen LogP) is 3.90. The Kier molecular flexibility index (Phi) is 7.35. The van der Waals surface area contributed by atoms with Gasteiger partial charge in [-0.3, -0.25) is 4.90 Å². The smallest absolute Gasteiger partial charge is 0.227 e. The van der Waals surface area contributed by atoms with Crippen LogP contribution in [0.15, 0.2) is 35.6 Å². The van der Waals surface area contributed by atoms with Crippen LogP contribution in [0, 0.1) is 5.92 Å². The molecule has 0 aliphatic heterocycles. The van der Waals surface area contributed by atoms with E-state index in [4.69, 9.17) is 4.74 Å². The normalized spacial score (nSPS) is 14.9. The van der Waals surface area contributed by atoms with Crippen molar-refractivity contribution in [2.45, 2.75) is 63.8 Å². The van der Waals surface area contributed by atoms with Gasteiger partial charge < -0.3 is 9.30 Å². The van der Waals surface area contributed by atoms with E-state index < -0.39 is 9.84 Å². The summed E-state index contributed by atoms with van der Waals surface area (Å²) < 4.78 is 33.2. The zero-order valence-corrected chi connectivity index (χ0v) is 18.6. The molecule has 0 atom stereocenters. The molecule has 0 unspecified atom stereocenters. The van der Waals surface area contributed by atoms with Crippen LogP contribution in [0.25, 0.3) is 0 Å². The van der Waals surface area contributed by atoms with Gasteiger partial charge in [0.25, 0.3) is 0 Å². The van der Waals surface area contributed by atoms with Crippen LogP contribution in [0.5, 0.6) is 5.75 Å². The van der Waals surface area contributed by atoms with Crippen molar-refractivity contribution in [3.05, 3.63) is 41.7 Å². The number of rotatable bonds is 11. The fraction of sp³-hybridized carbons (Fsp3) is 0.591. The van der Waals surface area contributed by atoms with E-state index in [1.807, 2.05) is 29.8 Å². The molecule has 1 aromatic heterocycles. The minimum absolute atomic E-state index is 0.231. The van der Waals surface area contributed by atoms with Gasteiger partial charge >= 0.3 is 0 Å². The first-order chi connectivity index (χ1) is 13.9. The lowest BCUT2D eigenvalue weighted by Gasteiger charge is -2.25. The minimum atomic E-state index is -3.35. The molecular weight excluding hydrogens is 386 g/mol. The molecular formula is C22H33N3O3S. The Labute approximate surface area is 174 Å². The van der Waals surface area contributed by atoms with Crippen molar-refractivity contribution in [3.63, 3.8) is 0 Å². The van der Waals surface area contributed by atoms with Gasteiger partial charge in [0.05, 0.1) is 24.8 Å². The second kappa shape index (κ2) is 9.76. The lowest BCUT2D eigenvalue weighted by Crippen LogP contribution is -2.25. The van der Waals surface area contributed by atoms with Crippen LogP contribution in [-0.2, 0) is 29.5 Å². The SMILES string of the molecule is CCCCn1c(CN(C)Cc2cccc(OC)c2)cnc1S(=O)(=O)CC1CCC1. The Morgan fingerprint density at radius 3 is 2.72 bits per heavy atom. The maximum atomic E-state index is 13.0. The number of imidazole rings is 1. The van der Waals surface area contributed by atoms with E-state index in [1.54, 1.807) is 13.3 Å². The lowest BCUT2D eigenvalue weighted by molar-refractivity contribution is 0.306. The molecule has 1 aromatic carbocycles. The van der Waals surface area contributed by atoms with Crippen LogP contribution < -0.4 is 4.74 Å². The molecule has 7 heteroatoms. The molecule has 0 amide bonds. The number of sulfone groups is 1. The maximum absolute atomic E-state index is 13.0. The number of ether oxygens (including phenoxy) is 1. The fourth-order valence-corrected chi connectivity index (χ4v) is 5.64. The first-order valence-corrected chi connectivity index (χ1v) is 12.2. The number of aromatic nitrogens is 2. The summed E-state index contributed by atoms with van der Waals surface area (Å²) in [5.74, 6) is 1.37. The van der Waals surface area contributed by atoms with Gasteiger partial charge in [-0.2, -0.15) is 0 Å². The van der Waals surface area contributed by atoms with E-state index in [0.29, 0.717) is 19.0 Å². The maximum Gasteiger partial charge on any atom is 0.227 e. The molecule has 1 saturated carbocycles. The van der Waals surface area contributed by atoms with E-state index in [0.717, 1.165) is 55.7 Å². The van der Waals surface area contributed by atoms with Crippen molar-refractivity contribution in [2.75, 3.05) is 19.9 Å². The third-order valence-corrected chi connectivity index (χ3v) is 7.41. The van der Waals surface area contributed by atoms with E-state index in [1.165, 1.54) is 0 Å². The summed E-state index contributed by atoms with van der Waals surface area (Å²) in [5.41, 5.74) is 2.11. The summed E-state index contributed by atoms with van der Waals surface area (Å²) in [6.45, 7) is 4.21. The highest BCUT2D eigenvalue weighted by Crippen LogP contribution is 2.30. The molecule has 2 aromatic rings. The van der Waals surface area contributed by atoms with Crippen LogP contribution in [-0.4, -0.2) is 42.8 Å². The molecule has 3 rings (SSSR count). The van der Waals surface area contributed by atoms with Crippen molar-refractivity contribution in [1.82, 2.24) is 14.5 Å². The Hall–Kier alpha value is -1.86. The number of hydrogen-bond donors (Lipinski definition) is 0. The van der Waals surface area contributed by atoms with Crippen LogP contribution in [0.1, 0.15) is 50.3 Å². The van der Waals surface area contributed by atoms with Gasteiger partial charge in [-0.05, 0) is 49.9 Å². The molecule has 1 aliphatic rings. The molecule has 1 aliphatic carbocycles. The van der Waals surface area contributed by atoms with Crippen molar-refractivity contribution in [2.24, 2.45) is 5.92 Å². The average Bonchev–Trinajstić information content (AvgIpc) is 3.06.